The summed E-state index contributed by atoms with van der Waals surface area (Å²) in [6, 6.07) is 1.78. The van der Waals surface area contributed by atoms with Gasteiger partial charge in [-0.1, -0.05) is 6.42 Å². The summed E-state index contributed by atoms with van der Waals surface area (Å²) in [5.74, 6) is 1.39. The fraction of sp³-hybridized carbons (Fsp3) is 0.538. The molecule has 1 aromatic heterocycles. The summed E-state index contributed by atoms with van der Waals surface area (Å²) in [7, 11) is 0. The van der Waals surface area contributed by atoms with Crippen molar-refractivity contribution in [1.29, 1.82) is 0 Å². The van der Waals surface area contributed by atoms with Crippen molar-refractivity contribution in [3.8, 4) is 5.75 Å². The summed E-state index contributed by atoms with van der Waals surface area (Å²) in [4.78, 5) is 15.8. The molecule has 0 aliphatic heterocycles. The number of carbonyl (C=O) groups excluding carboxylic acids is 1. The SMILES string of the molecule is O=C(NC1CC2CCC1C2)c1cncc(O)c1. The Morgan fingerprint density at radius 1 is 1.35 bits per heavy atom. The maximum Gasteiger partial charge on any atom is 0.253 e. The van der Waals surface area contributed by atoms with E-state index in [9.17, 15) is 9.90 Å². The molecule has 4 heteroatoms. The van der Waals surface area contributed by atoms with Crippen LogP contribution in [0.1, 0.15) is 36.0 Å². The van der Waals surface area contributed by atoms with Gasteiger partial charge in [-0.3, -0.25) is 9.78 Å². The van der Waals surface area contributed by atoms with E-state index in [-0.39, 0.29) is 11.7 Å². The van der Waals surface area contributed by atoms with Crippen LogP contribution in [0, 0.1) is 11.8 Å². The summed E-state index contributed by atoms with van der Waals surface area (Å²) in [6.07, 6.45) is 7.76. The number of amides is 1. The summed E-state index contributed by atoms with van der Waals surface area (Å²) < 4.78 is 0. The quantitative estimate of drug-likeness (QED) is 0.816. The van der Waals surface area contributed by atoms with E-state index in [1.54, 1.807) is 0 Å². The van der Waals surface area contributed by atoms with Gasteiger partial charge in [0.05, 0.1) is 11.8 Å². The van der Waals surface area contributed by atoms with Crippen LogP contribution >= 0.6 is 0 Å². The number of aromatic hydroxyl groups is 1. The van der Waals surface area contributed by atoms with Gasteiger partial charge in [0, 0.05) is 12.2 Å². The average molecular weight is 232 g/mol. The van der Waals surface area contributed by atoms with Crippen LogP contribution in [0.15, 0.2) is 18.5 Å². The smallest absolute Gasteiger partial charge is 0.253 e. The predicted molar refractivity (Wildman–Crippen MR) is 62.6 cm³/mol. The van der Waals surface area contributed by atoms with Gasteiger partial charge in [0.1, 0.15) is 5.75 Å². The molecule has 0 radical (unpaired) electrons. The van der Waals surface area contributed by atoms with Crippen LogP contribution < -0.4 is 5.32 Å². The Bertz CT molecular complexity index is 447. The topological polar surface area (TPSA) is 62.2 Å². The lowest BCUT2D eigenvalue weighted by atomic mass is 9.95. The normalized spacial score (nSPS) is 30.5. The second-order valence-corrected chi connectivity index (χ2v) is 5.19. The first kappa shape index (κ1) is 10.6. The second kappa shape index (κ2) is 4.02. The number of pyridine rings is 1. The van der Waals surface area contributed by atoms with Crippen LogP contribution in [-0.2, 0) is 0 Å². The molecule has 2 fully saturated rings. The summed E-state index contributed by atoms with van der Waals surface area (Å²) in [5, 5.41) is 12.3. The van der Waals surface area contributed by atoms with Crippen molar-refractivity contribution in [3.63, 3.8) is 0 Å². The summed E-state index contributed by atoms with van der Waals surface area (Å²) in [5.41, 5.74) is 0.438. The van der Waals surface area contributed by atoms with Crippen molar-refractivity contribution in [2.75, 3.05) is 0 Å². The van der Waals surface area contributed by atoms with Crippen LogP contribution in [0.25, 0.3) is 0 Å². The zero-order valence-corrected chi connectivity index (χ0v) is 9.60. The van der Waals surface area contributed by atoms with E-state index < -0.39 is 0 Å². The standard InChI is InChI=1S/C13H16N2O2/c16-11-5-10(6-14-7-11)13(17)15-12-4-8-1-2-9(12)3-8/h5-9,12,16H,1-4H2,(H,15,17). The summed E-state index contributed by atoms with van der Waals surface area (Å²) in [6.45, 7) is 0. The van der Waals surface area contributed by atoms with Crippen molar-refractivity contribution in [2.24, 2.45) is 11.8 Å². The number of fused-ring (bicyclic) bond motifs is 2. The molecule has 17 heavy (non-hydrogen) atoms. The number of hydrogen-bond acceptors (Lipinski definition) is 3. The Kier molecular flexibility index (Phi) is 2.50. The van der Waals surface area contributed by atoms with Gasteiger partial charge in [-0.15, -0.1) is 0 Å². The van der Waals surface area contributed by atoms with Gasteiger partial charge in [-0.2, -0.15) is 0 Å². The second-order valence-electron chi connectivity index (χ2n) is 5.19. The van der Waals surface area contributed by atoms with E-state index in [2.05, 4.69) is 10.3 Å². The number of rotatable bonds is 2. The molecule has 90 valence electrons. The van der Waals surface area contributed by atoms with Crippen LogP contribution in [0.4, 0.5) is 0 Å². The maximum atomic E-state index is 12.0. The number of carbonyl (C=O) groups is 1. The first-order chi connectivity index (χ1) is 8.22. The molecule has 1 aromatic rings. The third kappa shape index (κ3) is 1.99. The first-order valence-corrected chi connectivity index (χ1v) is 6.17. The number of nitrogens with one attached hydrogen (secondary N) is 1. The van der Waals surface area contributed by atoms with E-state index in [1.807, 2.05) is 0 Å². The molecule has 3 atom stereocenters. The van der Waals surface area contributed by atoms with Crippen molar-refractivity contribution in [3.05, 3.63) is 24.0 Å². The maximum absolute atomic E-state index is 12.0. The van der Waals surface area contributed by atoms with E-state index in [4.69, 9.17) is 0 Å². The van der Waals surface area contributed by atoms with Gasteiger partial charge in [-0.25, -0.2) is 0 Å². The van der Waals surface area contributed by atoms with Crippen LogP contribution in [-0.4, -0.2) is 22.0 Å². The Morgan fingerprint density at radius 3 is 2.88 bits per heavy atom. The van der Waals surface area contributed by atoms with Crippen LogP contribution in [0.3, 0.4) is 0 Å². The largest absolute Gasteiger partial charge is 0.506 e. The zero-order valence-electron chi connectivity index (χ0n) is 9.60. The molecule has 0 saturated heterocycles. The van der Waals surface area contributed by atoms with Crippen molar-refractivity contribution in [2.45, 2.75) is 31.7 Å². The molecule has 1 amide bonds. The first-order valence-electron chi connectivity index (χ1n) is 6.17. The predicted octanol–water partition coefficient (Wildman–Crippen LogP) is 1.71. The molecule has 2 aliphatic rings. The van der Waals surface area contributed by atoms with Crippen molar-refractivity contribution >= 4 is 5.91 Å². The van der Waals surface area contributed by atoms with Gasteiger partial charge in [0.2, 0.25) is 0 Å². The fourth-order valence-corrected chi connectivity index (χ4v) is 3.23. The van der Waals surface area contributed by atoms with Crippen molar-refractivity contribution in [1.82, 2.24) is 10.3 Å². The van der Waals surface area contributed by atoms with Crippen LogP contribution in [0.5, 0.6) is 5.75 Å². The van der Waals surface area contributed by atoms with Gasteiger partial charge in [0.25, 0.3) is 5.91 Å². The molecule has 2 N–H and O–H groups in total. The molecule has 3 unspecified atom stereocenters. The Hall–Kier alpha value is -1.58. The monoisotopic (exact) mass is 232 g/mol. The third-order valence-electron chi connectivity index (χ3n) is 4.04. The number of nitrogens with zero attached hydrogens (tertiary/aromatic N) is 1. The van der Waals surface area contributed by atoms with Gasteiger partial charge in [0.15, 0.2) is 0 Å². The lowest BCUT2D eigenvalue weighted by Crippen LogP contribution is -2.38. The minimum absolute atomic E-state index is 0.0330. The highest BCUT2D eigenvalue weighted by molar-refractivity contribution is 5.94. The lowest BCUT2D eigenvalue weighted by Gasteiger charge is -2.22. The Morgan fingerprint density at radius 2 is 2.24 bits per heavy atom. The third-order valence-corrected chi connectivity index (χ3v) is 4.04. The Balaban J connectivity index is 1.68. The molecule has 0 spiro atoms. The molecular formula is C13H16N2O2. The molecule has 2 aliphatic carbocycles. The van der Waals surface area contributed by atoms with Gasteiger partial charge in [-0.05, 0) is 37.2 Å². The number of aromatic nitrogens is 1. The molecule has 0 aromatic carbocycles. The highest BCUT2D eigenvalue weighted by Gasteiger charge is 2.40. The molecule has 4 nitrogen and oxygen atoms in total. The molecule has 2 saturated carbocycles. The summed E-state index contributed by atoms with van der Waals surface area (Å²) >= 11 is 0. The zero-order chi connectivity index (χ0) is 11.8. The average Bonchev–Trinajstić information content (AvgIpc) is 2.91. The Labute approximate surface area is 100 Å². The lowest BCUT2D eigenvalue weighted by molar-refractivity contribution is 0.0922. The highest BCUT2D eigenvalue weighted by atomic mass is 16.3. The van der Waals surface area contributed by atoms with E-state index >= 15 is 0 Å². The molecule has 1 heterocycles. The van der Waals surface area contributed by atoms with E-state index in [1.165, 1.54) is 37.7 Å². The van der Waals surface area contributed by atoms with Crippen molar-refractivity contribution < 1.29 is 9.90 Å². The fourth-order valence-electron chi connectivity index (χ4n) is 3.23. The van der Waals surface area contributed by atoms with E-state index in [0.29, 0.717) is 17.5 Å². The van der Waals surface area contributed by atoms with E-state index in [0.717, 1.165) is 12.3 Å². The highest BCUT2D eigenvalue weighted by Crippen LogP contribution is 2.44. The number of hydrogen-bond donors (Lipinski definition) is 2. The molecule has 2 bridgehead atoms. The minimum atomic E-state index is -0.119. The molecule has 3 rings (SSSR count). The van der Waals surface area contributed by atoms with Crippen LogP contribution in [0.2, 0.25) is 0 Å². The van der Waals surface area contributed by atoms with Gasteiger partial charge < -0.3 is 10.4 Å². The minimum Gasteiger partial charge on any atom is -0.506 e. The molecular weight excluding hydrogens is 216 g/mol. The van der Waals surface area contributed by atoms with Gasteiger partial charge >= 0.3 is 0 Å².